The number of alkyl halides is 14. The van der Waals surface area contributed by atoms with Crippen LogP contribution in [0.3, 0.4) is 0 Å². The Labute approximate surface area is 246 Å². The monoisotopic (exact) mass is 736 g/mol. The van der Waals surface area contributed by atoms with Crippen molar-refractivity contribution in [3.63, 3.8) is 0 Å². The molecule has 25 heteroatoms. The molecule has 2 rings (SSSR count). The van der Waals surface area contributed by atoms with Gasteiger partial charge < -0.3 is 5.32 Å². The van der Waals surface area contributed by atoms with E-state index < -0.39 is 110 Å². The number of anilines is 1. The predicted molar refractivity (Wildman–Crippen MR) is 124 cm³/mol. The lowest BCUT2D eigenvalue weighted by atomic mass is 10.3. The fourth-order valence-corrected chi connectivity index (χ4v) is 6.14. The summed E-state index contributed by atoms with van der Waals surface area (Å²) in [5, 5.41) is 0.850. The average Bonchev–Trinajstić information content (AvgIpc) is 2.85. The van der Waals surface area contributed by atoms with Crippen LogP contribution in [0.2, 0.25) is 0 Å². The molecule has 0 fully saturated rings. The third-order valence-corrected chi connectivity index (χ3v) is 9.10. The second-order valence-corrected chi connectivity index (χ2v) is 12.9. The minimum atomic E-state index is -6.94. The van der Waals surface area contributed by atoms with Crippen molar-refractivity contribution in [2.45, 2.75) is 49.4 Å². The maximum absolute atomic E-state index is 13.8. The quantitative estimate of drug-likeness (QED) is 0.117. The van der Waals surface area contributed by atoms with Gasteiger partial charge in [0.05, 0.1) is 9.82 Å². The van der Waals surface area contributed by atoms with Crippen LogP contribution in [0.1, 0.15) is 0 Å². The number of nitrogens with zero attached hydrogens (tertiary/aromatic N) is 1. The standard InChI is InChI=1S/C20H10F14N2O6S3/c21-15(22,17(25,26)27)19(31,32)43-10-3-1-2-9(6-10)35-14(37)8-45(41,42)13-5-4-11(7-12(13)36(38)39)44(40)20(33,34)16(23,24)18(28,29)30/h1-7H,8H2,(H,35,37). The lowest BCUT2D eigenvalue weighted by Crippen LogP contribution is -2.54. The second-order valence-electron chi connectivity index (χ2n) is 8.27. The van der Waals surface area contributed by atoms with Gasteiger partial charge in [-0.2, -0.15) is 61.5 Å². The van der Waals surface area contributed by atoms with E-state index in [-0.39, 0.29) is 18.2 Å². The van der Waals surface area contributed by atoms with Crippen molar-refractivity contribution in [1.29, 1.82) is 0 Å². The number of carbonyl (C=O) groups is 1. The summed E-state index contributed by atoms with van der Waals surface area (Å²) < 4.78 is 219. The number of rotatable bonds is 11. The van der Waals surface area contributed by atoms with Gasteiger partial charge in [0.2, 0.25) is 5.91 Å². The zero-order chi connectivity index (χ0) is 35.2. The Hall–Kier alpha value is -3.22. The van der Waals surface area contributed by atoms with E-state index >= 15 is 0 Å². The highest BCUT2D eigenvalue weighted by molar-refractivity contribution is 8.00. The molecule has 1 amide bonds. The number of nitrogens with one attached hydrogen (secondary N) is 1. The Kier molecular flexibility index (Phi) is 10.3. The SMILES string of the molecule is O=C(CS(=O)(=O)c1ccc(S(=O)C(F)(F)C(F)(F)C(F)(F)F)cc1[N+](=O)[O-])Nc1cccc(SC(F)(F)C(F)(F)C(F)(F)F)c1. The maximum Gasteiger partial charge on any atom is 0.461 e. The molecule has 1 unspecified atom stereocenters. The highest BCUT2D eigenvalue weighted by atomic mass is 32.2. The summed E-state index contributed by atoms with van der Waals surface area (Å²) >= 11 is -1.29. The van der Waals surface area contributed by atoms with Crippen LogP contribution in [0.25, 0.3) is 0 Å². The maximum atomic E-state index is 13.8. The summed E-state index contributed by atoms with van der Waals surface area (Å²) in [5.74, 6) is -16.9. The van der Waals surface area contributed by atoms with Crippen molar-refractivity contribution < 1.29 is 83.8 Å². The molecule has 2 aromatic carbocycles. The molecule has 0 spiro atoms. The van der Waals surface area contributed by atoms with Crippen LogP contribution < -0.4 is 5.32 Å². The molecule has 0 heterocycles. The van der Waals surface area contributed by atoms with Crippen LogP contribution in [0, 0.1) is 10.1 Å². The molecule has 8 nitrogen and oxygen atoms in total. The molecular weight excluding hydrogens is 726 g/mol. The molecule has 1 atom stereocenters. The van der Waals surface area contributed by atoms with Gasteiger partial charge in [-0.05, 0) is 42.1 Å². The molecule has 1 N–H and O–H groups in total. The summed E-state index contributed by atoms with van der Waals surface area (Å²) in [4.78, 5) is 17.6. The molecule has 0 saturated carbocycles. The first-order valence-electron chi connectivity index (χ1n) is 10.7. The van der Waals surface area contributed by atoms with Crippen LogP contribution in [0.15, 0.2) is 57.2 Å². The van der Waals surface area contributed by atoms with Gasteiger partial charge in [0.15, 0.2) is 9.84 Å². The fraction of sp³-hybridized carbons (Fsp3) is 0.350. The number of nitro benzene ring substituents is 1. The first-order chi connectivity index (χ1) is 20.0. The lowest BCUT2D eigenvalue weighted by molar-refractivity contribution is -0.388. The van der Waals surface area contributed by atoms with Gasteiger partial charge in [-0.15, -0.1) is 0 Å². The van der Waals surface area contributed by atoms with Crippen molar-refractivity contribution in [3.8, 4) is 0 Å². The zero-order valence-electron chi connectivity index (χ0n) is 20.7. The minimum Gasteiger partial charge on any atom is -0.325 e. The van der Waals surface area contributed by atoms with Crippen molar-refractivity contribution in [2.75, 3.05) is 11.1 Å². The van der Waals surface area contributed by atoms with E-state index in [9.17, 15) is 89.0 Å². The molecule has 0 aliphatic carbocycles. The Morgan fingerprint density at radius 3 is 1.87 bits per heavy atom. The first-order valence-corrected chi connectivity index (χ1v) is 14.3. The molecular formula is C20H10F14N2O6S3. The summed E-state index contributed by atoms with van der Waals surface area (Å²) in [5.41, 5.74) is -2.50. The zero-order valence-corrected chi connectivity index (χ0v) is 23.1. The third kappa shape index (κ3) is 7.61. The van der Waals surface area contributed by atoms with Crippen LogP contribution in [-0.2, 0) is 25.4 Å². The number of thioether (sulfide) groups is 1. The van der Waals surface area contributed by atoms with E-state index in [4.69, 9.17) is 0 Å². The topological polar surface area (TPSA) is 123 Å². The Morgan fingerprint density at radius 2 is 1.38 bits per heavy atom. The van der Waals surface area contributed by atoms with Crippen LogP contribution in [-0.4, -0.2) is 63.9 Å². The van der Waals surface area contributed by atoms with Gasteiger partial charge in [0.1, 0.15) is 21.4 Å². The molecule has 2 aromatic rings. The van der Waals surface area contributed by atoms with Gasteiger partial charge in [0.25, 0.3) is 5.69 Å². The number of halogens is 14. The van der Waals surface area contributed by atoms with Crippen molar-refractivity contribution in [2.24, 2.45) is 0 Å². The van der Waals surface area contributed by atoms with Crippen molar-refractivity contribution in [1.82, 2.24) is 0 Å². The van der Waals surface area contributed by atoms with Crippen LogP contribution in [0.4, 0.5) is 72.8 Å². The number of nitro groups is 1. The van der Waals surface area contributed by atoms with E-state index in [1.54, 1.807) is 5.32 Å². The third-order valence-electron chi connectivity index (χ3n) is 5.04. The Bertz CT molecular complexity index is 1610. The van der Waals surface area contributed by atoms with Gasteiger partial charge in [-0.25, -0.2) is 12.6 Å². The smallest absolute Gasteiger partial charge is 0.325 e. The summed E-state index contributed by atoms with van der Waals surface area (Å²) in [6.07, 6.45) is -13.6. The molecule has 0 aromatic heterocycles. The normalized spacial score (nSPS) is 14.6. The Balaban J connectivity index is 2.35. The van der Waals surface area contributed by atoms with E-state index in [1.807, 2.05) is 0 Å². The first kappa shape index (κ1) is 38.0. The van der Waals surface area contributed by atoms with Crippen molar-refractivity contribution >= 4 is 49.7 Å². The molecule has 0 aliphatic heterocycles. The largest absolute Gasteiger partial charge is 0.461 e. The molecule has 45 heavy (non-hydrogen) atoms. The fourth-order valence-electron chi connectivity index (χ4n) is 2.91. The molecule has 0 aliphatic rings. The summed E-state index contributed by atoms with van der Waals surface area (Å²) in [6.45, 7) is 0. The molecule has 0 saturated heterocycles. The average molecular weight is 736 g/mol. The summed E-state index contributed by atoms with van der Waals surface area (Å²) in [7, 11) is -9.95. The van der Waals surface area contributed by atoms with Gasteiger partial charge in [-0.3, -0.25) is 14.9 Å². The Morgan fingerprint density at radius 1 is 0.844 bits per heavy atom. The number of sulfone groups is 1. The number of hydrogen-bond acceptors (Lipinski definition) is 7. The highest BCUT2D eigenvalue weighted by Gasteiger charge is 2.76. The molecule has 0 bridgehead atoms. The van der Waals surface area contributed by atoms with Gasteiger partial charge in [0, 0.05) is 16.6 Å². The number of amides is 1. The van der Waals surface area contributed by atoms with E-state index in [0.717, 1.165) is 12.1 Å². The highest BCUT2D eigenvalue weighted by Crippen LogP contribution is 2.54. The second kappa shape index (κ2) is 12.2. The van der Waals surface area contributed by atoms with Crippen molar-refractivity contribution in [3.05, 3.63) is 52.6 Å². The predicted octanol–water partition coefficient (Wildman–Crippen LogP) is 6.79. The molecule has 252 valence electrons. The molecule has 0 radical (unpaired) electrons. The minimum absolute atomic E-state index is 0.0179. The number of benzene rings is 2. The van der Waals surface area contributed by atoms with E-state index in [2.05, 4.69) is 0 Å². The van der Waals surface area contributed by atoms with Gasteiger partial charge >= 0.3 is 34.7 Å². The van der Waals surface area contributed by atoms with Crippen LogP contribution in [0.5, 0.6) is 0 Å². The lowest BCUT2D eigenvalue weighted by Gasteiger charge is -2.27. The van der Waals surface area contributed by atoms with E-state index in [0.29, 0.717) is 12.1 Å². The van der Waals surface area contributed by atoms with Crippen LogP contribution >= 0.6 is 11.8 Å². The number of carbonyl (C=O) groups excluding carboxylic acids is 1. The van der Waals surface area contributed by atoms with E-state index in [1.165, 1.54) is 0 Å². The number of hydrogen-bond donors (Lipinski definition) is 1. The summed E-state index contributed by atoms with van der Waals surface area (Å²) in [6, 6.07) is 2.15. The van der Waals surface area contributed by atoms with Gasteiger partial charge in [-0.1, -0.05) is 6.07 Å².